The van der Waals surface area contributed by atoms with E-state index < -0.39 is 5.97 Å². The molecule has 0 spiro atoms. The second-order valence-electron chi connectivity index (χ2n) is 3.61. The number of aliphatic carboxylic acids is 1. The Morgan fingerprint density at radius 3 is 2.69 bits per heavy atom. The molecule has 2 rings (SSSR count). The van der Waals surface area contributed by atoms with Crippen LogP contribution in [0.15, 0.2) is 30.3 Å². The van der Waals surface area contributed by atoms with Crippen LogP contribution in [0, 0.1) is 6.92 Å². The largest absolute Gasteiger partial charge is 0.481 e. The fourth-order valence-electron chi connectivity index (χ4n) is 1.63. The zero-order valence-corrected chi connectivity index (χ0v) is 8.90. The molecular weight excluding hydrogens is 204 g/mol. The number of carboxylic acids is 1. The van der Waals surface area contributed by atoms with Crippen LogP contribution in [0.5, 0.6) is 0 Å². The number of carbonyl (C=O) groups is 1. The van der Waals surface area contributed by atoms with Gasteiger partial charge in [-0.25, -0.2) is 0 Å². The van der Waals surface area contributed by atoms with Crippen molar-refractivity contribution in [2.75, 3.05) is 0 Å². The summed E-state index contributed by atoms with van der Waals surface area (Å²) in [4.78, 5) is 10.6. The number of carboxylic acid groups (broad SMARTS) is 1. The van der Waals surface area contributed by atoms with E-state index in [-0.39, 0.29) is 6.42 Å². The number of aromatic nitrogens is 2. The van der Waals surface area contributed by atoms with E-state index in [0.717, 1.165) is 16.8 Å². The number of hydrogen-bond acceptors (Lipinski definition) is 2. The second-order valence-corrected chi connectivity index (χ2v) is 3.61. The summed E-state index contributed by atoms with van der Waals surface area (Å²) in [5, 5.41) is 15.6. The molecule has 0 bridgehead atoms. The molecule has 0 amide bonds. The number of hydrogen-bond donors (Lipinski definition) is 2. The molecule has 0 aliphatic rings. The lowest BCUT2D eigenvalue weighted by atomic mass is 10.1. The topological polar surface area (TPSA) is 66.0 Å². The average Bonchev–Trinajstić information content (AvgIpc) is 2.61. The number of rotatable bonds is 3. The van der Waals surface area contributed by atoms with Crippen molar-refractivity contribution in [1.29, 1.82) is 0 Å². The molecule has 1 aromatic heterocycles. The van der Waals surface area contributed by atoms with E-state index in [1.54, 1.807) is 0 Å². The Labute approximate surface area is 92.9 Å². The van der Waals surface area contributed by atoms with Gasteiger partial charge in [-0.2, -0.15) is 5.10 Å². The van der Waals surface area contributed by atoms with E-state index in [4.69, 9.17) is 5.11 Å². The first-order chi connectivity index (χ1) is 7.68. The molecule has 16 heavy (non-hydrogen) atoms. The normalized spacial score (nSPS) is 10.3. The van der Waals surface area contributed by atoms with Crippen LogP contribution in [-0.2, 0) is 11.2 Å². The number of H-pyrrole nitrogens is 1. The maximum Gasteiger partial charge on any atom is 0.309 e. The van der Waals surface area contributed by atoms with Gasteiger partial charge in [-0.05, 0) is 12.5 Å². The lowest BCUT2D eigenvalue weighted by Crippen LogP contribution is -2.01. The summed E-state index contributed by atoms with van der Waals surface area (Å²) in [6, 6.07) is 9.70. The first-order valence-electron chi connectivity index (χ1n) is 4.99. The Morgan fingerprint density at radius 1 is 1.38 bits per heavy atom. The van der Waals surface area contributed by atoms with Gasteiger partial charge in [0.15, 0.2) is 0 Å². The monoisotopic (exact) mass is 216 g/mol. The van der Waals surface area contributed by atoms with Crippen molar-refractivity contribution in [2.45, 2.75) is 13.3 Å². The summed E-state index contributed by atoms with van der Waals surface area (Å²) in [5.41, 5.74) is 3.37. The number of benzene rings is 1. The van der Waals surface area contributed by atoms with Gasteiger partial charge >= 0.3 is 5.97 Å². The molecule has 0 atom stereocenters. The van der Waals surface area contributed by atoms with Crippen molar-refractivity contribution in [1.82, 2.24) is 10.2 Å². The molecule has 0 saturated heterocycles. The summed E-state index contributed by atoms with van der Waals surface area (Å²) < 4.78 is 0. The standard InChI is InChI=1S/C12H12N2O2/c1-8-10(7-11(15)16)13-14-12(8)9-5-3-2-4-6-9/h2-6H,7H2,1H3,(H,13,14)(H,15,16). The Bertz CT molecular complexity index is 503. The van der Waals surface area contributed by atoms with Gasteiger partial charge in [-0.1, -0.05) is 30.3 Å². The quantitative estimate of drug-likeness (QED) is 0.824. The highest BCUT2D eigenvalue weighted by molar-refractivity contribution is 5.72. The predicted molar refractivity (Wildman–Crippen MR) is 60.1 cm³/mol. The molecule has 4 nitrogen and oxygen atoms in total. The Kier molecular flexibility index (Phi) is 2.72. The van der Waals surface area contributed by atoms with E-state index in [1.807, 2.05) is 37.3 Å². The average molecular weight is 216 g/mol. The molecule has 4 heteroatoms. The van der Waals surface area contributed by atoms with E-state index in [9.17, 15) is 4.79 Å². The van der Waals surface area contributed by atoms with Crippen LogP contribution >= 0.6 is 0 Å². The van der Waals surface area contributed by atoms with Gasteiger partial charge < -0.3 is 5.11 Å². The highest BCUT2D eigenvalue weighted by Crippen LogP contribution is 2.22. The highest BCUT2D eigenvalue weighted by Gasteiger charge is 2.12. The van der Waals surface area contributed by atoms with Crippen molar-refractivity contribution >= 4 is 5.97 Å². The number of aromatic amines is 1. The number of nitrogens with one attached hydrogen (secondary N) is 1. The molecule has 0 saturated carbocycles. The molecule has 0 aliphatic heterocycles. The van der Waals surface area contributed by atoms with Gasteiger partial charge in [0.05, 0.1) is 12.1 Å². The molecule has 0 aliphatic carbocycles. The molecule has 2 aromatic rings. The first-order valence-corrected chi connectivity index (χ1v) is 4.99. The summed E-state index contributed by atoms with van der Waals surface area (Å²) in [7, 11) is 0. The third kappa shape index (κ3) is 1.95. The van der Waals surface area contributed by atoms with Crippen LogP contribution in [-0.4, -0.2) is 21.3 Å². The van der Waals surface area contributed by atoms with Crippen molar-refractivity contribution in [2.24, 2.45) is 0 Å². The fraction of sp³-hybridized carbons (Fsp3) is 0.167. The van der Waals surface area contributed by atoms with Crippen molar-refractivity contribution in [3.8, 4) is 11.3 Å². The maximum absolute atomic E-state index is 10.6. The van der Waals surface area contributed by atoms with E-state index >= 15 is 0 Å². The molecule has 2 N–H and O–H groups in total. The minimum atomic E-state index is -0.855. The Morgan fingerprint density at radius 2 is 2.06 bits per heavy atom. The lowest BCUT2D eigenvalue weighted by molar-refractivity contribution is -0.136. The summed E-state index contributed by atoms with van der Waals surface area (Å²) in [6.45, 7) is 1.88. The third-order valence-corrected chi connectivity index (χ3v) is 2.49. The zero-order valence-electron chi connectivity index (χ0n) is 8.90. The van der Waals surface area contributed by atoms with Crippen LogP contribution in [0.2, 0.25) is 0 Å². The van der Waals surface area contributed by atoms with Gasteiger partial charge in [0.2, 0.25) is 0 Å². The van der Waals surface area contributed by atoms with Crippen LogP contribution < -0.4 is 0 Å². The lowest BCUT2D eigenvalue weighted by Gasteiger charge is -1.98. The van der Waals surface area contributed by atoms with E-state index in [0.29, 0.717) is 5.69 Å². The fourth-order valence-corrected chi connectivity index (χ4v) is 1.63. The van der Waals surface area contributed by atoms with Crippen LogP contribution in [0.3, 0.4) is 0 Å². The third-order valence-electron chi connectivity index (χ3n) is 2.49. The van der Waals surface area contributed by atoms with E-state index in [2.05, 4.69) is 10.2 Å². The number of nitrogens with zero attached hydrogens (tertiary/aromatic N) is 1. The Balaban J connectivity index is 2.37. The summed E-state index contributed by atoms with van der Waals surface area (Å²) >= 11 is 0. The van der Waals surface area contributed by atoms with Gasteiger partial charge in [-0.3, -0.25) is 9.89 Å². The van der Waals surface area contributed by atoms with Gasteiger partial charge in [0.25, 0.3) is 0 Å². The molecule has 0 unspecified atom stereocenters. The molecule has 1 aromatic carbocycles. The molecule has 0 radical (unpaired) electrons. The minimum absolute atomic E-state index is 0.0222. The molecule has 82 valence electrons. The van der Waals surface area contributed by atoms with Gasteiger partial charge in [0, 0.05) is 11.3 Å². The van der Waals surface area contributed by atoms with Crippen molar-refractivity contribution < 1.29 is 9.90 Å². The summed E-state index contributed by atoms with van der Waals surface area (Å²) in [5.74, 6) is -0.855. The minimum Gasteiger partial charge on any atom is -0.481 e. The maximum atomic E-state index is 10.6. The Hall–Kier alpha value is -2.10. The molecule has 0 fully saturated rings. The van der Waals surface area contributed by atoms with Crippen molar-refractivity contribution in [3.63, 3.8) is 0 Å². The SMILES string of the molecule is Cc1c(-c2ccccc2)n[nH]c1CC(=O)O. The smallest absolute Gasteiger partial charge is 0.309 e. The predicted octanol–water partition coefficient (Wildman–Crippen LogP) is 2.01. The van der Waals surface area contributed by atoms with E-state index in [1.165, 1.54) is 0 Å². The first kappa shape index (κ1) is 10.4. The molecule has 1 heterocycles. The second kappa shape index (κ2) is 4.18. The summed E-state index contributed by atoms with van der Waals surface area (Å²) in [6.07, 6.45) is -0.0222. The molecular formula is C12H12N2O2. The van der Waals surface area contributed by atoms with Crippen molar-refractivity contribution in [3.05, 3.63) is 41.6 Å². The zero-order chi connectivity index (χ0) is 11.5. The van der Waals surface area contributed by atoms with Crippen LogP contribution in [0.4, 0.5) is 0 Å². The van der Waals surface area contributed by atoms with Crippen LogP contribution in [0.25, 0.3) is 11.3 Å². The van der Waals surface area contributed by atoms with Crippen LogP contribution in [0.1, 0.15) is 11.3 Å². The van der Waals surface area contributed by atoms with Gasteiger partial charge in [-0.15, -0.1) is 0 Å². The highest BCUT2D eigenvalue weighted by atomic mass is 16.4. The van der Waals surface area contributed by atoms with Gasteiger partial charge in [0.1, 0.15) is 0 Å².